The molecule has 1 aromatic carbocycles. The number of aliphatic hydroxyl groups is 1. The number of hydrogen-bond acceptors (Lipinski definition) is 3. The summed E-state index contributed by atoms with van der Waals surface area (Å²) in [6.07, 6.45) is 0.424. The fourth-order valence-corrected chi connectivity index (χ4v) is 2.30. The summed E-state index contributed by atoms with van der Waals surface area (Å²) < 4.78 is 12.9. The van der Waals surface area contributed by atoms with Gasteiger partial charge < -0.3 is 10.0 Å². The van der Waals surface area contributed by atoms with E-state index in [4.69, 9.17) is 5.26 Å². The summed E-state index contributed by atoms with van der Waals surface area (Å²) in [5, 5.41) is 19.5. The molecule has 4 nitrogen and oxygen atoms in total. The summed E-state index contributed by atoms with van der Waals surface area (Å²) in [6.45, 7) is 3.65. The zero-order valence-electron chi connectivity index (χ0n) is 11.6. The van der Waals surface area contributed by atoms with Gasteiger partial charge in [-0.15, -0.1) is 0 Å². The van der Waals surface area contributed by atoms with E-state index in [1.54, 1.807) is 13.8 Å². The van der Waals surface area contributed by atoms with Crippen LogP contribution in [0.1, 0.15) is 25.8 Å². The molecule has 1 unspecified atom stereocenters. The minimum atomic E-state index is -1.15. The number of likely N-dealkylation sites (tertiary alicyclic amines) is 1. The summed E-state index contributed by atoms with van der Waals surface area (Å²) in [6, 6.07) is 7.62. The molecule has 106 valence electrons. The second-order valence-corrected chi connectivity index (χ2v) is 5.50. The van der Waals surface area contributed by atoms with E-state index in [1.807, 2.05) is 6.07 Å². The molecule has 1 heterocycles. The van der Waals surface area contributed by atoms with Crippen LogP contribution < -0.4 is 0 Å². The average Bonchev–Trinajstić information content (AvgIpc) is 2.43. The molecule has 1 atom stereocenters. The molecule has 0 saturated carbocycles. The van der Waals surface area contributed by atoms with Crippen LogP contribution >= 0.6 is 0 Å². The van der Waals surface area contributed by atoms with Gasteiger partial charge >= 0.3 is 0 Å². The number of carbonyl (C=O) groups excluding carboxylic acids is 1. The van der Waals surface area contributed by atoms with Crippen molar-refractivity contribution in [1.82, 2.24) is 4.90 Å². The molecule has 1 fully saturated rings. The molecule has 0 bridgehead atoms. The molecule has 1 aliphatic rings. The fourth-order valence-electron chi connectivity index (χ4n) is 2.30. The Labute approximate surface area is 117 Å². The van der Waals surface area contributed by atoms with Crippen molar-refractivity contribution in [2.75, 3.05) is 13.1 Å². The largest absolute Gasteiger partial charge is 0.381 e. The number of nitriles is 1. The van der Waals surface area contributed by atoms with Crippen LogP contribution in [0.25, 0.3) is 0 Å². The van der Waals surface area contributed by atoms with E-state index in [-0.39, 0.29) is 24.8 Å². The van der Waals surface area contributed by atoms with Gasteiger partial charge in [0, 0.05) is 0 Å². The molecule has 1 N–H and O–H groups in total. The third-order valence-corrected chi connectivity index (χ3v) is 4.00. The van der Waals surface area contributed by atoms with Gasteiger partial charge in [-0.05, 0) is 31.0 Å². The van der Waals surface area contributed by atoms with Gasteiger partial charge in [0.25, 0.3) is 0 Å². The van der Waals surface area contributed by atoms with Crippen molar-refractivity contribution in [3.63, 3.8) is 0 Å². The van der Waals surface area contributed by atoms with E-state index in [0.717, 1.165) is 0 Å². The van der Waals surface area contributed by atoms with E-state index in [9.17, 15) is 14.3 Å². The molecule has 20 heavy (non-hydrogen) atoms. The fraction of sp³-hybridized carbons (Fsp3) is 0.467. The molecule has 1 amide bonds. The number of rotatable bonds is 3. The van der Waals surface area contributed by atoms with E-state index in [1.165, 1.54) is 29.2 Å². The zero-order chi connectivity index (χ0) is 15.0. The minimum Gasteiger partial charge on any atom is -0.381 e. The lowest BCUT2D eigenvalue weighted by atomic mass is 9.81. The summed E-state index contributed by atoms with van der Waals surface area (Å²) in [5.74, 6) is -0.637. The highest BCUT2D eigenvalue weighted by Gasteiger charge is 2.49. The first-order chi connectivity index (χ1) is 9.34. The molecule has 0 aromatic heterocycles. The maximum absolute atomic E-state index is 12.9. The van der Waals surface area contributed by atoms with Gasteiger partial charge in [-0.3, -0.25) is 4.79 Å². The van der Waals surface area contributed by atoms with Gasteiger partial charge in [-0.1, -0.05) is 19.1 Å². The Hall–Kier alpha value is -1.93. The Morgan fingerprint density at radius 2 is 2.05 bits per heavy atom. The van der Waals surface area contributed by atoms with Gasteiger partial charge in [0.2, 0.25) is 5.91 Å². The number of hydrogen-bond donors (Lipinski definition) is 1. The maximum Gasteiger partial charge on any atom is 0.242 e. The van der Waals surface area contributed by atoms with Crippen LogP contribution in [0.2, 0.25) is 0 Å². The number of benzene rings is 1. The summed E-state index contributed by atoms with van der Waals surface area (Å²) in [5.41, 5.74) is -1.62. The lowest BCUT2D eigenvalue weighted by molar-refractivity contribution is -0.164. The average molecular weight is 276 g/mol. The van der Waals surface area contributed by atoms with Crippen LogP contribution in [0.5, 0.6) is 0 Å². The first-order valence-electron chi connectivity index (χ1n) is 6.54. The lowest BCUT2D eigenvalue weighted by Gasteiger charge is -2.48. The van der Waals surface area contributed by atoms with E-state index in [2.05, 4.69) is 0 Å². The normalized spacial score (nSPS) is 19.6. The van der Waals surface area contributed by atoms with Crippen molar-refractivity contribution < 1.29 is 14.3 Å². The Bertz CT molecular complexity index is 558. The van der Waals surface area contributed by atoms with E-state index in [0.29, 0.717) is 12.0 Å². The van der Waals surface area contributed by atoms with Crippen LogP contribution in [0.15, 0.2) is 24.3 Å². The molecule has 1 saturated heterocycles. The van der Waals surface area contributed by atoms with Crippen molar-refractivity contribution in [3.8, 4) is 6.07 Å². The lowest BCUT2D eigenvalue weighted by Crippen LogP contribution is -2.63. The second-order valence-electron chi connectivity index (χ2n) is 5.50. The number of amides is 1. The van der Waals surface area contributed by atoms with Crippen molar-refractivity contribution in [2.24, 2.45) is 5.41 Å². The number of carbonyl (C=O) groups is 1. The number of nitrogens with zero attached hydrogens (tertiary/aromatic N) is 2. The molecule has 1 aromatic rings. The van der Waals surface area contributed by atoms with E-state index >= 15 is 0 Å². The smallest absolute Gasteiger partial charge is 0.242 e. The van der Waals surface area contributed by atoms with Gasteiger partial charge in [0.15, 0.2) is 0 Å². The molecular formula is C15H17FN2O2. The molecule has 0 aliphatic carbocycles. The topological polar surface area (TPSA) is 64.3 Å². The Balaban J connectivity index is 2.09. The molecule has 5 heteroatoms. The minimum absolute atomic E-state index is 0.134. The molecule has 0 spiro atoms. The monoisotopic (exact) mass is 276 g/mol. The highest BCUT2D eigenvalue weighted by atomic mass is 19.1. The Morgan fingerprint density at radius 3 is 2.50 bits per heavy atom. The van der Waals surface area contributed by atoms with Gasteiger partial charge in [0.05, 0.1) is 19.2 Å². The Morgan fingerprint density at radius 1 is 1.50 bits per heavy atom. The number of β-amino-alcohol motifs (C(OH)–C–C–N with tert-alkyl or cyclic N) is 1. The molecule has 2 rings (SSSR count). The van der Waals surface area contributed by atoms with Crippen molar-refractivity contribution in [2.45, 2.75) is 25.9 Å². The van der Waals surface area contributed by atoms with Crippen LogP contribution in [0.4, 0.5) is 4.39 Å². The molecule has 1 aliphatic heterocycles. The third kappa shape index (κ3) is 2.27. The van der Waals surface area contributed by atoms with E-state index < -0.39 is 11.0 Å². The summed E-state index contributed by atoms with van der Waals surface area (Å²) >= 11 is 0. The quantitative estimate of drug-likeness (QED) is 0.915. The zero-order valence-corrected chi connectivity index (χ0v) is 11.6. The highest BCUT2D eigenvalue weighted by molar-refractivity contribution is 5.86. The Kier molecular flexibility index (Phi) is 3.53. The van der Waals surface area contributed by atoms with Crippen LogP contribution in [0.3, 0.4) is 0 Å². The van der Waals surface area contributed by atoms with Crippen molar-refractivity contribution in [3.05, 3.63) is 35.6 Å². The molecule has 0 radical (unpaired) electrons. The van der Waals surface area contributed by atoms with Gasteiger partial charge in [-0.25, -0.2) is 4.39 Å². The second kappa shape index (κ2) is 4.88. The van der Waals surface area contributed by atoms with Crippen LogP contribution in [0, 0.1) is 22.6 Å². The SMILES string of the molecule is CCC(C)(C#N)C(=O)N1CC(O)(c2ccc(F)cc2)C1. The third-order valence-electron chi connectivity index (χ3n) is 4.00. The van der Waals surface area contributed by atoms with Crippen LogP contribution in [-0.2, 0) is 10.4 Å². The van der Waals surface area contributed by atoms with Crippen molar-refractivity contribution >= 4 is 5.91 Å². The van der Waals surface area contributed by atoms with Crippen molar-refractivity contribution in [1.29, 1.82) is 5.26 Å². The first kappa shape index (κ1) is 14.5. The summed E-state index contributed by atoms with van der Waals surface area (Å²) in [7, 11) is 0. The maximum atomic E-state index is 12.9. The summed E-state index contributed by atoms with van der Waals surface area (Å²) in [4.78, 5) is 13.7. The predicted octanol–water partition coefficient (Wildman–Crippen LogP) is 1.80. The standard InChI is InChI=1S/C15H17FN2O2/c1-3-14(2,8-17)13(19)18-9-15(20,10-18)11-4-6-12(16)7-5-11/h4-7,20H,3,9-10H2,1-2H3. The van der Waals surface area contributed by atoms with Gasteiger partial charge in [-0.2, -0.15) is 5.26 Å². The molecular weight excluding hydrogens is 259 g/mol. The number of halogens is 1. The highest BCUT2D eigenvalue weighted by Crippen LogP contribution is 2.35. The first-order valence-corrected chi connectivity index (χ1v) is 6.54. The predicted molar refractivity (Wildman–Crippen MR) is 70.9 cm³/mol. The van der Waals surface area contributed by atoms with Gasteiger partial charge in [0.1, 0.15) is 16.8 Å². The van der Waals surface area contributed by atoms with Crippen LogP contribution in [-0.4, -0.2) is 29.0 Å².